The lowest BCUT2D eigenvalue weighted by Crippen LogP contribution is -2.34. The number of hydrogen-bond donors (Lipinski definition) is 0. The van der Waals surface area contributed by atoms with Crippen molar-refractivity contribution in [1.82, 2.24) is 10.2 Å². The molecule has 4 nitrogen and oxygen atoms in total. The first kappa shape index (κ1) is 8.90. The minimum Gasteiger partial charge on any atom is -0.711 e. The molecule has 4 heteroatoms. The molecular formula is C8H13N3O. The minimum atomic E-state index is -0.118. The molecule has 66 valence electrons. The van der Waals surface area contributed by atoms with Crippen molar-refractivity contribution in [3.63, 3.8) is 0 Å². The van der Waals surface area contributed by atoms with Crippen molar-refractivity contribution in [2.24, 2.45) is 0 Å². The third-order valence-corrected chi connectivity index (χ3v) is 1.63. The Morgan fingerprint density at radius 1 is 1.33 bits per heavy atom. The monoisotopic (exact) mass is 167 g/mol. The molecule has 0 amide bonds. The average molecular weight is 167 g/mol. The fourth-order valence-corrected chi connectivity index (χ4v) is 0.744. The van der Waals surface area contributed by atoms with Crippen LogP contribution in [0.3, 0.4) is 0 Å². The van der Waals surface area contributed by atoms with Gasteiger partial charge < -0.3 is 5.21 Å². The van der Waals surface area contributed by atoms with Crippen LogP contribution in [0.5, 0.6) is 0 Å². The maximum atomic E-state index is 11.1. The second-order valence-corrected chi connectivity index (χ2v) is 3.84. The summed E-state index contributed by atoms with van der Waals surface area (Å²) in [4.78, 5) is 0. The Kier molecular flexibility index (Phi) is 2.00. The molecule has 0 aromatic carbocycles. The summed E-state index contributed by atoms with van der Waals surface area (Å²) in [6.07, 6.45) is 1.47. The molecule has 0 saturated heterocycles. The van der Waals surface area contributed by atoms with Gasteiger partial charge in [0.15, 0.2) is 0 Å². The van der Waals surface area contributed by atoms with Gasteiger partial charge in [0.05, 0.1) is 5.10 Å². The molecule has 0 fully saturated rings. The van der Waals surface area contributed by atoms with Crippen molar-refractivity contribution in [3.05, 3.63) is 22.9 Å². The van der Waals surface area contributed by atoms with E-state index in [1.165, 1.54) is 6.20 Å². The first-order chi connectivity index (χ1) is 5.41. The van der Waals surface area contributed by atoms with E-state index in [-0.39, 0.29) is 5.41 Å². The van der Waals surface area contributed by atoms with Gasteiger partial charge in [-0.2, -0.15) is 0 Å². The minimum absolute atomic E-state index is 0.118. The molecule has 0 atom stereocenters. The topological polar surface area (TPSA) is 52.7 Å². The summed E-state index contributed by atoms with van der Waals surface area (Å²) in [5, 5.41) is 18.8. The zero-order valence-corrected chi connectivity index (χ0v) is 7.83. The lowest BCUT2D eigenvalue weighted by molar-refractivity contribution is -0.617. The third-order valence-electron chi connectivity index (χ3n) is 1.63. The van der Waals surface area contributed by atoms with E-state index in [2.05, 4.69) is 10.2 Å². The Morgan fingerprint density at radius 2 is 1.92 bits per heavy atom. The average Bonchev–Trinajstić information content (AvgIpc) is 1.92. The van der Waals surface area contributed by atoms with Gasteiger partial charge in [0.25, 0.3) is 0 Å². The molecular weight excluding hydrogens is 154 g/mol. The van der Waals surface area contributed by atoms with Crippen molar-refractivity contribution >= 4 is 0 Å². The van der Waals surface area contributed by atoms with Gasteiger partial charge in [-0.15, -0.1) is 0 Å². The smallest absolute Gasteiger partial charge is 0.326 e. The van der Waals surface area contributed by atoms with Crippen LogP contribution in [0.4, 0.5) is 0 Å². The van der Waals surface area contributed by atoms with Gasteiger partial charge in [0, 0.05) is 12.3 Å². The molecule has 0 aliphatic heterocycles. The molecule has 1 aromatic heterocycles. The zero-order valence-electron chi connectivity index (χ0n) is 7.83. The van der Waals surface area contributed by atoms with Gasteiger partial charge in [-0.25, -0.2) is 4.73 Å². The maximum Gasteiger partial charge on any atom is 0.326 e. The van der Waals surface area contributed by atoms with E-state index in [0.29, 0.717) is 11.5 Å². The molecule has 0 unspecified atom stereocenters. The summed E-state index contributed by atoms with van der Waals surface area (Å²) in [6, 6.07) is 0. The van der Waals surface area contributed by atoms with Crippen LogP contribution in [-0.2, 0) is 5.41 Å². The van der Waals surface area contributed by atoms with E-state index in [1.54, 1.807) is 6.92 Å². The predicted octanol–water partition coefficient (Wildman–Crippen LogP) is 0.716. The molecule has 0 aliphatic carbocycles. The lowest BCUT2D eigenvalue weighted by atomic mass is 9.93. The van der Waals surface area contributed by atoms with Gasteiger partial charge in [-0.1, -0.05) is 20.8 Å². The Morgan fingerprint density at radius 3 is 2.33 bits per heavy atom. The molecule has 0 aliphatic rings. The highest BCUT2D eigenvalue weighted by molar-refractivity contribution is 5.03. The summed E-state index contributed by atoms with van der Waals surface area (Å²) >= 11 is 0. The molecule has 0 saturated carbocycles. The first-order valence-electron chi connectivity index (χ1n) is 3.85. The number of aromatic nitrogens is 3. The Hall–Kier alpha value is -1.19. The number of aryl methyl sites for hydroxylation is 1. The lowest BCUT2D eigenvalue weighted by Gasteiger charge is -2.15. The van der Waals surface area contributed by atoms with Crippen LogP contribution in [0, 0.1) is 12.1 Å². The van der Waals surface area contributed by atoms with Crippen LogP contribution in [-0.4, -0.2) is 10.2 Å². The van der Waals surface area contributed by atoms with Gasteiger partial charge in [0.2, 0.25) is 0 Å². The highest BCUT2D eigenvalue weighted by Crippen LogP contribution is 2.16. The predicted molar refractivity (Wildman–Crippen MR) is 44.4 cm³/mol. The molecule has 0 radical (unpaired) electrons. The first-order valence-corrected chi connectivity index (χ1v) is 3.85. The molecule has 0 spiro atoms. The van der Waals surface area contributed by atoms with Crippen LogP contribution in [0.1, 0.15) is 32.3 Å². The summed E-state index contributed by atoms with van der Waals surface area (Å²) in [5.74, 6) is 0.378. The van der Waals surface area contributed by atoms with E-state index >= 15 is 0 Å². The normalized spacial score (nSPS) is 11.7. The highest BCUT2D eigenvalue weighted by Gasteiger charge is 2.19. The van der Waals surface area contributed by atoms with E-state index < -0.39 is 0 Å². The molecule has 1 aromatic rings. The number of rotatable bonds is 0. The fourth-order valence-electron chi connectivity index (χ4n) is 0.744. The highest BCUT2D eigenvalue weighted by atomic mass is 16.5. The Balaban J connectivity index is 3.14. The molecule has 1 heterocycles. The number of nitrogens with zero attached hydrogens (tertiary/aromatic N) is 3. The van der Waals surface area contributed by atoms with Crippen molar-refractivity contribution in [2.45, 2.75) is 33.1 Å². The Labute approximate surface area is 71.8 Å². The van der Waals surface area contributed by atoms with Crippen LogP contribution in [0.2, 0.25) is 0 Å². The Bertz CT molecular complexity index is 291. The van der Waals surface area contributed by atoms with Crippen LogP contribution in [0.15, 0.2) is 6.20 Å². The van der Waals surface area contributed by atoms with Crippen molar-refractivity contribution in [2.75, 3.05) is 0 Å². The van der Waals surface area contributed by atoms with E-state index in [4.69, 9.17) is 0 Å². The maximum absolute atomic E-state index is 11.1. The fraction of sp³-hybridized carbons (Fsp3) is 0.625. The van der Waals surface area contributed by atoms with Crippen molar-refractivity contribution in [3.8, 4) is 0 Å². The van der Waals surface area contributed by atoms with E-state index in [1.807, 2.05) is 20.8 Å². The van der Waals surface area contributed by atoms with Crippen LogP contribution >= 0.6 is 0 Å². The third kappa shape index (κ3) is 1.69. The zero-order chi connectivity index (χ0) is 9.35. The van der Waals surface area contributed by atoms with Crippen LogP contribution in [0.25, 0.3) is 0 Å². The van der Waals surface area contributed by atoms with Gasteiger partial charge in [-0.05, 0) is 5.10 Å². The molecule has 1 rings (SSSR count). The molecule has 0 bridgehead atoms. The van der Waals surface area contributed by atoms with E-state index in [9.17, 15) is 5.21 Å². The second kappa shape index (κ2) is 2.69. The molecule has 12 heavy (non-hydrogen) atoms. The van der Waals surface area contributed by atoms with Gasteiger partial charge in [-0.3, -0.25) is 0 Å². The molecule has 0 N–H and O–H groups in total. The van der Waals surface area contributed by atoms with Crippen molar-refractivity contribution < 1.29 is 4.73 Å². The summed E-state index contributed by atoms with van der Waals surface area (Å²) < 4.78 is 0.744. The SMILES string of the molecule is Cc1nnc(C(C)(C)C)c[n+]1[O-]. The standard InChI is InChI=1S/C8H13N3O/c1-6-9-10-7(5-11(6)12)8(2,3)4/h5H,1-4H3. The second-order valence-electron chi connectivity index (χ2n) is 3.84. The number of hydrogen-bond acceptors (Lipinski definition) is 3. The van der Waals surface area contributed by atoms with Crippen LogP contribution < -0.4 is 4.73 Å². The quantitative estimate of drug-likeness (QED) is 0.422. The van der Waals surface area contributed by atoms with Gasteiger partial charge >= 0.3 is 5.82 Å². The van der Waals surface area contributed by atoms with Gasteiger partial charge in [0.1, 0.15) is 11.9 Å². The summed E-state index contributed by atoms with van der Waals surface area (Å²) in [6.45, 7) is 7.61. The summed E-state index contributed by atoms with van der Waals surface area (Å²) in [5.41, 5.74) is 0.593. The van der Waals surface area contributed by atoms with Crippen molar-refractivity contribution in [1.29, 1.82) is 0 Å². The summed E-state index contributed by atoms with van der Waals surface area (Å²) in [7, 11) is 0. The van der Waals surface area contributed by atoms with E-state index in [0.717, 1.165) is 4.73 Å². The largest absolute Gasteiger partial charge is 0.711 e.